The molecule has 9 nitrogen and oxygen atoms in total. The summed E-state index contributed by atoms with van der Waals surface area (Å²) in [5.41, 5.74) is 1.96. The number of rotatable bonds is 8. The predicted molar refractivity (Wildman–Crippen MR) is 125 cm³/mol. The largest absolute Gasteiger partial charge is 0.447 e. The number of sulfone groups is 1. The summed E-state index contributed by atoms with van der Waals surface area (Å²) in [6.45, 7) is 5.54. The molecule has 1 aromatic carbocycles. The second-order valence-corrected chi connectivity index (χ2v) is 10.7. The minimum atomic E-state index is -3.45. The molecule has 180 valence electrons. The number of ether oxygens (including phenoxy) is 1. The lowest BCUT2D eigenvalue weighted by Gasteiger charge is -2.16. The number of hydrogen-bond acceptors (Lipinski definition) is 6. The third-order valence-electron chi connectivity index (χ3n) is 5.96. The van der Waals surface area contributed by atoms with Crippen molar-refractivity contribution < 1.29 is 22.7 Å². The van der Waals surface area contributed by atoms with E-state index in [2.05, 4.69) is 20.8 Å². The summed E-state index contributed by atoms with van der Waals surface area (Å²) in [5, 5.41) is 12.8. The third kappa shape index (κ3) is 6.56. The van der Waals surface area contributed by atoms with E-state index >= 15 is 0 Å². The van der Waals surface area contributed by atoms with E-state index in [4.69, 9.17) is 4.74 Å². The smallest absolute Gasteiger partial charge is 0.407 e. The van der Waals surface area contributed by atoms with Crippen molar-refractivity contribution in [3.05, 3.63) is 41.1 Å². The van der Waals surface area contributed by atoms with E-state index in [0.29, 0.717) is 16.9 Å². The van der Waals surface area contributed by atoms with Crippen molar-refractivity contribution in [2.75, 3.05) is 11.6 Å². The first kappa shape index (κ1) is 24.8. The van der Waals surface area contributed by atoms with Gasteiger partial charge >= 0.3 is 6.09 Å². The third-order valence-corrected chi connectivity index (χ3v) is 7.28. The molecule has 0 aliphatic heterocycles. The lowest BCUT2D eigenvalue weighted by atomic mass is 10.0. The summed E-state index contributed by atoms with van der Waals surface area (Å²) in [4.78, 5) is 24.7. The van der Waals surface area contributed by atoms with Crippen molar-refractivity contribution in [1.82, 2.24) is 15.5 Å². The highest BCUT2D eigenvalue weighted by Crippen LogP contribution is 2.34. The Morgan fingerprint density at radius 2 is 2.06 bits per heavy atom. The van der Waals surface area contributed by atoms with E-state index in [-0.39, 0.29) is 35.3 Å². The molecule has 1 aliphatic carbocycles. The number of alkyl carbamates (subject to hydrolysis) is 1. The molecule has 3 rings (SSSR count). The summed E-state index contributed by atoms with van der Waals surface area (Å²) >= 11 is 0. The van der Waals surface area contributed by atoms with Crippen LogP contribution >= 0.6 is 0 Å². The fourth-order valence-corrected chi connectivity index (χ4v) is 5.48. The van der Waals surface area contributed by atoms with Gasteiger partial charge in [0.2, 0.25) is 5.91 Å². The van der Waals surface area contributed by atoms with Crippen molar-refractivity contribution in [1.29, 1.82) is 0 Å². The highest BCUT2D eigenvalue weighted by molar-refractivity contribution is 7.90. The molecule has 2 aromatic rings. The molecule has 0 radical (unpaired) electrons. The Hall–Kier alpha value is -2.88. The summed E-state index contributed by atoms with van der Waals surface area (Å²) in [7, 11) is -3.45. The van der Waals surface area contributed by atoms with Gasteiger partial charge in [-0.3, -0.25) is 9.89 Å². The van der Waals surface area contributed by atoms with Crippen LogP contribution in [0.4, 0.5) is 10.6 Å². The normalized spacial score (nSPS) is 19.2. The fourth-order valence-electron chi connectivity index (χ4n) is 4.21. The number of carbonyl (C=O) groups excluding carboxylic acids is 2. The SMILES string of the molecule is CCC(C)OC(=O)NC1CCC(c2cc(NC(=O)Cc3cccc(C)c3S(C)(=O)=O)n[nH]2)C1. The van der Waals surface area contributed by atoms with Crippen LogP contribution in [0.2, 0.25) is 0 Å². The molecule has 1 fully saturated rings. The van der Waals surface area contributed by atoms with E-state index in [9.17, 15) is 18.0 Å². The molecule has 1 aromatic heterocycles. The first-order valence-corrected chi connectivity index (χ1v) is 13.1. The first-order chi connectivity index (χ1) is 15.6. The van der Waals surface area contributed by atoms with Gasteiger partial charge in [-0.1, -0.05) is 25.1 Å². The van der Waals surface area contributed by atoms with Gasteiger partial charge in [-0.15, -0.1) is 0 Å². The van der Waals surface area contributed by atoms with E-state index in [1.54, 1.807) is 31.2 Å². The van der Waals surface area contributed by atoms with E-state index in [1.165, 1.54) is 0 Å². The molecule has 10 heteroatoms. The van der Waals surface area contributed by atoms with Crippen LogP contribution in [0.1, 0.15) is 62.3 Å². The summed E-state index contributed by atoms with van der Waals surface area (Å²) < 4.78 is 29.6. The van der Waals surface area contributed by atoms with Crippen LogP contribution in [0.5, 0.6) is 0 Å². The number of nitrogens with one attached hydrogen (secondary N) is 3. The maximum Gasteiger partial charge on any atom is 0.407 e. The monoisotopic (exact) mass is 476 g/mol. The molecule has 2 amide bonds. The number of aromatic nitrogens is 2. The van der Waals surface area contributed by atoms with Gasteiger partial charge in [-0.2, -0.15) is 5.10 Å². The molecule has 3 unspecified atom stereocenters. The zero-order valence-corrected chi connectivity index (χ0v) is 20.3. The number of nitrogens with zero attached hydrogens (tertiary/aromatic N) is 1. The van der Waals surface area contributed by atoms with Gasteiger partial charge in [0, 0.05) is 30.0 Å². The minimum absolute atomic E-state index is 0.0311. The Balaban J connectivity index is 1.57. The van der Waals surface area contributed by atoms with Crippen molar-refractivity contribution >= 4 is 27.7 Å². The maximum absolute atomic E-state index is 12.6. The summed E-state index contributed by atoms with van der Waals surface area (Å²) in [6, 6.07) is 6.92. The standard InChI is InChI=1S/C23H32N4O5S/c1-5-15(3)32-23(29)24-18-10-9-16(11-18)19-13-20(27-26-19)25-21(28)12-17-8-6-7-14(2)22(17)33(4,30)31/h6-8,13,15-16,18H,5,9-12H2,1-4H3,(H,24,29)(H2,25,26,27,28). The van der Waals surface area contributed by atoms with Crippen molar-refractivity contribution in [2.45, 2.75) is 75.8 Å². The molecule has 0 bridgehead atoms. The van der Waals surface area contributed by atoms with Gasteiger partial charge in [0.05, 0.1) is 11.3 Å². The van der Waals surface area contributed by atoms with E-state index < -0.39 is 15.9 Å². The van der Waals surface area contributed by atoms with Gasteiger partial charge < -0.3 is 15.4 Å². The average Bonchev–Trinajstić information content (AvgIpc) is 3.36. The van der Waals surface area contributed by atoms with Crippen molar-refractivity contribution in [3.8, 4) is 0 Å². The molecule has 33 heavy (non-hydrogen) atoms. The van der Waals surface area contributed by atoms with Crippen LogP contribution in [0.15, 0.2) is 29.2 Å². The lowest BCUT2D eigenvalue weighted by molar-refractivity contribution is -0.115. The highest BCUT2D eigenvalue weighted by atomic mass is 32.2. The van der Waals surface area contributed by atoms with Gasteiger partial charge in [0.15, 0.2) is 15.7 Å². The Morgan fingerprint density at radius 1 is 1.30 bits per heavy atom. The Labute approximate surface area is 194 Å². The van der Waals surface area contributed by atoms with Crippen molar-refractivity contribution in [3.63, 3.8) is 0 Å². The second-order valence-electron chi connectivity index (χ2n) is 8.74. The van der Waals surface area contributed by atoms with Crippen LogP contribution in [-0.2, 0) is 25.8 Å². The van der Waals surface area contributed by atoms with Crippen LogP contribution in [0.3, 0.4) is 0 Å². The zero-order valence-electron chi connectivity index (χ0n) is 19.5. The highest BCUT2D eigenvalue weighted by Gasteiger charge is 2.29. The second kappa shape index (κ2) is 10.4. The van der Waals surface area contributed by atoms with Crippen molar-refractivity contribution in [2.24, 2.45) is 0 Å². The molecule has 0 spiro atoms. The lowest BCUT2D eigenvalue weighted by Crippen LogP contribution is -2.35. The number of benzene rings is 1. The molecule has 0 saturated heterocycles. The fraction of sp³-hybridized carbons (Fsp3) is 0.522. The maximum atomic E-state index is 12.6. The number of hydrogen-bond donors (Lipinski definition) is 3. The van der Waals surface area contributed by atoms with Gasteiger partial charge in [0.25, 0.3) is 0 Å². The van der Waals surface area contributed by atoms with E-state index in [1.807, 2.05) is 13.8 Å². The number of aromatic amines is 1. The molecular weight excluding hydrogens is 444 g/mol. The number of amides is 2. The molecule has 1 saturated carbocycles. The number of aryl methyl sites for hydroxylation is 1. The minimum Gasteiger partial charge on any atom is -0.447 e. The van der Waals surface area contributed by atoms with Crippen LogP contribution in [-0.4, -0.2) is 49.0 Å². The predicted octanol–water partition coefficient (Wildman–Crippen LogP) is 3.46. The number of H-pyrrole nitrogens is 1. The topological polar surface area (TPSA) is 130 Å². The quantitative estimate of drug-likeness (QED) is 0.535. The average molecular weight is 477 g/mol. The molecule has 1 heterocycles. The molecule has 3 N–H and O–H groups in total. The number of carbonyl (C=O) groups is 2. The summed E-state index contributed by atoms with van der Waals surface area (Å²) in [6.07, 6.45) is 3.80. The summed E-state index contributed by atoms with van der Waals surface area (Å²) in [5.74, 6) is 0.226. The Kier molecular flexibility index (Phi) is 7.78. The van der Waals surface area contributed by atoms with Crippen LogP contribution in [0.25, 0.3) is 0 Å². The van der Waals surface area contributed by atoms with Gasteiger partial charge in [0.1, 0.15) is 6.10 Å². The van der Waals surface area contributed by atoms with E-state index in [0.717, 1.165) is 37.6 Å². The van der Waals surface area contributed by atoms with Gasteiger partial charge in [-0.05, 0) is 50.7 Å². The van der Waals surface area contributed by atoms with Crippen LogP contribution in [0, 0.1) is 6.92 Å². The molecule has 1 aliphatic rings. The molecule has 3 atom stereocenters. The molecular formula is C23H32N4O5S. The van der Waals surface area contributed by atoms with Crippen LogP contribution < -0.4 is 10.6 Å². The first-order valence-electron chi connectivity index (χ1n) is 11.2. The Bertz CT molecular complexity index is 1110. The Morgan fingerprint density at radius 3 is 2.76 bits per heavy atom. The number of anilines is 1. The van der Waals surface area contributed by atoms with Gasteiger partial charge in [-0.25, -0.2) is 13.2 Å². The zero-order chi connectivity index (χ0) is 24.2.